The smallest absolute Gasteiger partial charge is 0.264 e. The number of hydrogen-bond donors (Lipinski definition) is 0. The van der Waals surface area contributed by atoms with Crippen molar-refractivity contribution in [2.45, 2.75) is 18.9 Å². The van der Waals surface area contributed by atoms with Crippen molar-refractivity contribution in [2.24, 2.45) is 0 Å². The molecule has 4 heterocycles. The number of aromatic nitrogens is 3. The van der Waals surface area contributed by atoms with Gasteiger partial charge in [0.05, 0.1) is 4.88 Å². The molecule has 1 atom stereocenters. The Morgan fingerprint density at radius 1 is 1.26 bits per heavy atom. The van der Waals surface area contributed by atoms with Gasteiger partial charge in [-0.05, 0) is 36.4 Å². The van der Waals surface area contributed by atoms with Gasteiger partial charge in [-0.1, -0.05) is 6.07 Å². The van der Waals surface area contributed by atoms with Gasteiger partial charge in [0.1, 0.15) is 6.04 Å². The Bertz CT molecular complexity index is 801. The van der Waals surface area contributed by atoms with E-state index in [4.69, 9.17) is 4.42 Å². The van der Waals surface area contributed by atoms with Gasteiger partial charge in [-0.3, -0.25) is 9.78 Å². The highest BCUT2D eigenvalue weighted by Gasteiger charge is 2.34. The van der Waals surface area contributed by atoms with E-state index in [9.17, 15) is 4.79 Å². The Labute approximate surface area is 136 Å². The highest BCUT2D eigenvalue weighted by Crippen LogP contribution is 2.34. The quantitative estimate of drug-likeness (QED) is 0.739. The van der Waals surface area contributed by atoms with Crippen LogP contribution in [0.4, 0.5) is 0 Å². The van der Waals surface area contributed by atoms with Crippen molar-refractivity contribution in [3.05, 3.63) is 52.8 Å². The first-order valence-electron chi connectivity index (χ1n) is 7.41. The molecule has 0 saturated carbocycles. The highest BCUT2D eigenvalue weighted by molar-refractivity contribution is 7.12. The molecule has 116 valence electrons. The third-order valence-electron chi connectivity index (χ3n) is 3.90. The molecule has 1 amide bonds. The third-order valence-corrected chi connectivity index (χ3v) is 4.76. The number of hydrogen-bond acceptors (Lipinski definition) is 6. The lowest BCUT2D eigenvalue weighted by molar-refractivity contribution is 0.0721. The third kappa shape index (κ3) is 2.63. The van der Waals surface area contributed by atoms with Gasteiger partial charge in [0, 0.05) is 24.5 Å². The van der Waals surface area contributed by atoms with Crippen LogP contribution in [0.2, 0.25) is 0 Å². The average molecular weight is 326 g/mol. The molecule has 0 N–H and O–H groups in total. The minimum Gasteiger partial charge on any atom is -0.418 e. The summed E-state index contributed by atoms with van der Waals surface area (Å²) in [4.78, 5) is 19.2. The zero-order chi connectivity index (χ0) is 15.6. The fourth-order valence-electron chi connectivity index (χ4n) is 2.79. The number of carbonyl (C=O) groups excluding carboxylic acids is 1. The zero-order valence-electron chi connectivity index (χ0n) is 12.3. The Morgan fingerprint density at radius 3 is 2.91 bits per heavy atom. The van der Waals surface area contributed by atoms with Gasteiger partial charge in [-0.25, -0.2) is 0 Å². The van der Waals surface area contributed by atoms with E-state index in [1.54, 1.807) is 12.4 Å². The summed E-state index contributed by atoms with van der Waals surface area (Å²) in [6.07, 6.45) is 5.15. The van der Waals surface area contributed by atoms with Crippen LogP contribution in [-0.2, 0) is 0 Å². The van der Waals surface area contributed by atoms with Crippen molar-refractivity contribution in [2.75, 3.05) is 6.54 Å². The van der Waals surface area contributed by atoms with Gasteiger partial charge < -0.3 is 9.32 Å². The number of rotatable bonds is 3. The van der Waals surface area contributed by atoms with Crippen molar-refractivity contribution in [3.63, 3.8) is 0 Å². The molecule has 1 saturated heterocycles. The summed E-state index contributed by atoms with van der Waals surface area (Å²) in [5.74, 6) is 0.989. The second kappa shape index (κ2) is 5.92. The molecule has 1 aliphatic rings. The van der Waals surface area contributed by atoms with Crippen LogP contribution >= 0.6 is 11.3 Å². The second-order valence-corrected chi connectivity index (χ2v) is 6.26. The largest absolute Gasteiger partial charge is 0.418 e. The zero-order valence-corrected chi connectivity index (χ0v) is 13.1. The van der Waals surface area contributed by atoms with Gasteiger partial charge in [0.25, 0.3) is 5.91 Å². The SMILES string of the molecule is O=C(c1cccs1)N1CCCC1c1nnc(-c2ccncc2)o1. The molecule has 1 aliphatic heterocycles. The van der Waals surface area contributed by atoms with Crippen LogP contribution in [0.15, 0.2) is 46.5 Å². The molecule has 3 aromatic rings. The van der Waals surface area contributed by atoms with Gasteiger partial charge in [-0.2, -0.15) is 0 Å². The second-order valence-electron chi connectivity index (χ2n) is 5.32. The molecule has 0 bridgehead atoms. The predicted molar refractivity (Wildman–Crippen MR) is 84.9 cm³/mol. The Kier molecular flexibility index (Phi) is 3.63. The summed E-state index contributed by atoms with van der Waals surface area (Å²) in [5.41, 5.74) is 0.827. The molecule has 1 fully saturated rings. The average Bonchev–Trinajstić information content (AvgIpc) is 3.35. The van der Waals surface area contributed by atoms with Gasteiger partial charge in [0.15, 0.2) is 0 Å². The monoisotopic (exact) mass is 326 g/mol. The molecule has 4 rings (SSSR count). The van der Waals surface area contributed by atoms with E-state index in [1.807, 2.05) is 34.5 Å². The van der Waals surface area contributed by atoms with Gasteiger partial charge in [-0.15, -0.1) is 21.5 Å². The van der Waals surface area contributed by atoms with Gasteiger partial charge in [0.2, 0.25) is 11.8 Å². The lowest BCUT2D eigenvalue weighted by Crippen LogP contribution is -2.30. The first-order valence-corrected chi connectivity index (χ1v) is 8.29. The Balaban J connectivity index is 1.60. The number of amides is 1. The molecule has 0 radical (unpaired) electrons. The topological polar surface area (TPSA) is 72.1 Å². The fourth-order valence-corrected chi connectivity index (χ4v) is 3.47. The molecule has 3 aromatic heterocycles. The van der Waals surface area contributed by atoms with Crippen LogP contribution in [0, 0.1) is 0 Å². The van der Waals surface area contributed by atoms with E-state index in [0.717, 1.165) is 23.3 Å². The molecule has 1 unspecified atom stereocenters. The van der Waals surface area contributed by atoms with Crippen molar-refractivity contribution < 1.29 is 9.21 Å². The van der Waals surface area contributed by atoms with Crippen molar-refractivity contribution in [1.82, 2.24) is 20.1 Å². The van der Waals surface area contributed by atoms with E-state index in [0.29, 0.717) is 18.3 Å². The summed E-state index contributed by atoms with van der Waals surface area (Å²) in [6.45, 7) is 0.717. The van der Waals surface area contributed by atoms with E-state index < -0.39 is 0 Å². The summed E-state index contributed by atoms with van der Waals surface area (Å²) in [6, 6.07) is 7.23. The summed E-state index contributed by atoms with van der Waals surface area (Å²) >= 11 is 1.45. The molecule has 6 nitrogen and oxygen atoms in total. The van der Waals surface area contributed by atoms with Crippen molar-refractivity contribution >= 4 is 17.2 Å². The van der Waals surface area contributed by atoms with Crippen LogP contribution in [0.25, 0.3) is 11.5 Å². The number of thiophene rings is 1. The molecular formula is C16H14N4O2S. The van der Waals surface area contributed by atoms with E-state index >= 15 is 0 Å². The van der Waals surface area contributed by atoms with E-state index in [-0.39, 0.29) is 11.9 Å². The van der Waals surface area contributed by atoms with Crippen LogP contribution in [-0.4, -0.2) is 32.5 Å². The normalized spacial score (nSPS) is 17.6. The maximum atomic E-state index is 12.6. The van der Waals surface area contributed by atoms with Crippen molar-refractivity contribution in [3.8, 4) is 11.5 Å². The number of carbonyl (C=O) groups is 1. The minimum absolute atomic E-state index is 0.0335. The van der Waals surface area contributed by atoms with Gasteiger partial charge >= 0.3 is 0 Å². The lowest BCUT2D eigenvalue weighted by atomic mass is 10.2. The van der Waals surface area contributed by atoms with E-state index in [1.165, 1.54) is 11.3 Å². The fraction of sp³-hybridized carbons (Fsp3) is 0.250. The number of likely N-dealkylation sites (tertiary alicyclic amines) is 1. The highest BCUT2D eigenvalue weighted by atomic mass is 32.1. The molecular weight excluding hydrogens is 312 g/mol. The number of nitrogens with zero attached hydrogens (tertiary/aromatic N) is 4. The van der Waals surface area contributed by atoms with Crippen molar-refractivity contribution in [1.29, 1.82) is 0 Å². The molecule has 0 spiro atoms. The first-order chi connectivity index (χ1) is 11.3. The van der Waals surface area contributed by atoms with Crippen LogP contribution in [0.3, 0.4) is 0 Å². The van der Waals surface area contributed by atoms with Crippen LogP contribution in [0.1, 0.15) is 34.4 Å². The molecule has 23 heavy (non-hydrogen) atoms. The Hall–Kier alpha value is -2.54. The Morgan fingerprint density at radius 2 is 2.13 bits per heavy atom. The summed E-state index contributed by atoms with van der Waals surface area (Å²) in [5, 5.41) is 10.2. The lowest BCUT2D eigenvalue weighted by Gasteiger charge is -2.21. The maximum Gasteiger partial charge on any atom is 0.264 e. The summed E-state index contributed by atoms with van der Waals surface area (Å²) in [7, 11) is 0. The standard InChI is InChI=1S/C16H14N4O2S/c21-16(13-4-2-10-23-13)20-9-1-3-12(20)15-19-18-14(22-15)11-5-7-17-8-6-11/h2,4-8,10,12H,1,3,9H2. The van der Waals surface area contributed by atoms with Crippen LogP contribution < -0.4 is 0 Å². The first kappa shape index (κ1) is 14.1. The minimum atomic E-state index is -0.146. The molecule has 0 aromatic carbocycles. The molecule has 0 aliphatic carbocycles. The predicted octanol–water partition coefficient (Wildman–Crippen LogP) is 3.17. The van der Waals surface area contributed by atoms with E-state index in [2.05, 4.69) is 15.2 Å². The number of pyridine rings is 1. The summed E-state index contributed by atoms with van der Waals surface area (Å²) < 4.78 is 5.81. The molecule has 7 heteroatoms. The maximum absolute atomic E-state index is 12.6. The van der Waals surface area contributed by atoms with Crippen LogP contribution in [0.5, 0.6) is 0 Å².